The second-order valence-electron chi connectivity index (χ2n) is 7.35. The molecule has 1 saturated carbocycles. The first-order valence-electron chi connectivity index (χ1n) is 9.73. The monoisotopic (exact) mass is 447 g/mol. The summed E-state index contributed by atoms with van der Waals surface area (Å²) < 4.78 is 10.6. The summed E-state index contributed by atoms with van der Waals surface area (Å²) in [6, 6.07) is 6.16. The van der Waals surface area contributed by atoms with Crippen LogP contribution in [0.4, 0.5) is 0 Å². The van der Waals surface area contributed by atoms with Gasteiger partial charge in [0, 0.05) is 17.0 Å². The van der Waals surface area contributed by atoms with Crippen LogP contribution in [-0.2, 0) is 9.59 Å². The summed E-state index contributed by atoms with van der Waals surface area (Å²) in [5.74, 6) is -0.929. The largest absolute Gasteiger partial charge is 0.507 e. The Labute approximate surface area is 183 Å². The molecule has 1 amide bonds. The third-order valence-corrected chi connectivity index (χ3v) is 6.96. The van der Waals surface area contributed by atoms with Gasteiger partial charge in [-0.05, 0) is 30.4 Å². The van der Waals surface area contributed by atoms with Crippen molar-refractivity contribution >= 4 is 40.4 Å². The zero-order valence-corrected chi connectivity index (χ0v) is 18.3. The lowest BCUT2D eigenvalue weighted by Gasteiger charge is -2.29. The van der Waals surface area contributed by atoms with E-state index in [2.05, 4.69) is 0 Å². The molecule has 1 unspecified atom stereocenters. The van der Waals surface area contributed by atoms with Gasteiger partial charge in [0.25, 0.3) is 11.7 Å². The number of aliphatic hydroxyl groups is 1. The van der Waals surface area contributed by atoms with Crippen LogP contribution in [0.2, 0.25) is 5.02 Å². The highest BCUT2D eigenvalue weighted by Gasteiger charge is 2.49. The molecule has 0 spiro atoms. The molecule has 30 heavy (non-hydrogen) atoms. The van der Waals surface area contributed by atoms with Gasteiger partial charge in [-0.2, -0.15) is 0 Å². The highest BCUT2D eigenvalue weighted by atomic mass is 35.5. The van der Waals surface area contributed by atoms with Gasteiger partial charge >= 0.3 is 0 Å². The van der Waals surface area contributed by atoms with Crippen LogP contribution < -0.4 is 9.47 Å². The van der Waals surface area contributed by atoms with Crippen molar-refractivity contribution in [1.29, 1.82) is 0 Å². The molecule has 1 aliphatic carbocycles. The lowest BCUT2D eigenvalue weighted by atomic mass is 9.98. The highest BCUT2D eigenvalue weighted by Crippen LogP contribution is 2.46. The molecule has 0 bridgehead atoms. The van der Waals surface area contributed by atoms with Crippen LogP contribution in [0.3, 0.4) is 0 Å². The molecule has 1 N–H and O–H groups in total. The fourth-order valence-corrected chi connectivity index (χ4v) is 5.39. The van der Waals surface area contributed by atoms with Crippen LogP contribution in [0.15, 0.2) is 35.2 Å². The van der Waals surface area contributed by atoms with Crippen molar-refractivity contribution < 1.29 is 24.2 Å². The second kappa shape index (κ2) is 8.32. The Morgan fingerprint density at radius 1 is 1.17 bits per heavy atom. The van der Waals surface area contributed by atoms with E-state index in [9.17, 15) is 14.7 Å². The lowest BCUT2D eigenvalue weighted by Crippen LogP contribution is -2.37. The van der Waals surface area contributed by atoms with Gasteiger partial charge in [-0.3, -0.25) is 9.59 Å². The van der Waals surface area contributed by atoms with Crippen LogP contribution in [-0.4, -0.2) is 42.0 Å². The van der Waals surface area contributed by atoms with Gasteiger partial charge in [0.1, 0.15) is 17.3 Å². The molecular formula is C22H22ClNO5S. The zero-order chi connectivity index (χ0) is 21.4. The van der Waals surface area contributed by atoms with Crippen LogP contribution in [0.1, 0.15) is 42.2 Å². The second-order valence-corrected chi connectivity index (χ2v) is 8.73. The molecule has 2 aliphatic rings. The van der Waals surface area contributed by atoms with Crippen molar-refractivity contribution in [1.82, 2.24) is 4.90 Å². The average Bonchev–Trinajstić information content (AvgIpc) is 3.49. The van der Waals surface area contributed by atoms with Crippen molar-refractivity contribution in [2.45, 2.75) is 37.8 Å². The van der Waals surface area contributed by atoms with E-state index in [0.29, 0.717) is 10.8 Å². The molecule has 2 fully saturated rings. The molecule has 6 nitrogen and oxygen atoms in total. The zero-order valence-electron chi connectivity index (χ0n) is 16.7. The summed E-state index contributed by atoms with van der Waals surface area (Å²) in [5, 5.41) is 13.5. The van der Waals surface area contributed by atoms with E-state index in [1.165, 1.54) is 37.7 Å². The maximum atomic E-state index is 13.1. The molecule has 2 aromatic rings. The fourth-order valence-electron chi connectivity index (χ4n) is 4.33. The highest BCUT2D eigenvalue weighted by molar-refractivity contribution is 7.10. The standard InChI is InChI=1S/C22H22ClNO5S/c1-28-15-11-14(23)16(29-2)10-13(15)20(25)18-19(17-8-5-9-30-17)24(22(27)21(18)26)12-6-3-4-7-12/h5,8-12,19,25H,3-4,6-7H2,1-2H3/b20-18+. The third kappa shape index (κ3) is 3.36. The van der Waals surface area contributed by atoms with Crippen LogP contribution in [0.5, 0.6) is 11.5 Å². The van der Waals surface area contributed by atoms with E-state index in [4.69, 9.17) is 21.1 Å². The molecule has 1 saturated heterocycles. The van der Waals surface area contributed by atoms with Crippen molar-refractivity contribution in [3.8, 4) is 11.5 Å². The van der Waals surface area contributed by atoms with Gasteiger partial charge in [0.2, 0.25) is 0 Å². The minimum atomic E-state index is -0.686. The van der Waals surface area contributed by atoms with E-state index in [1.807, 2.05) is 17.5 Å². The van der Waals surface area contributed by atoms with Crippen molar-refractivity contribution in [3.05, 3.63) is 50.7 Å². The number of nitrogens with zero attached hydrogens (tertiary/aromatic N) is 1. The molecule has 1 aromatic carbocycles. The van der Waals surface area contributed by atoms with Crippen LogP contribution in [0, 0.1) is 0 Å². The number of carbonyl (C=O) groups excluding carboxylic acids is 2. The van der Waals surface area contributed by atoms with Gasteiger partial charge in [-0.1, -0.05) is 30.5 Å². The molecule has 1 aromatic heterocycles. The normalized spacial score (nSPS) is 21.4. The summed E-state index contributed by atoms with van der Waals surface area (Å²) in [7, 11) is 2.91. The van der Waals surface area contributed by atoms with Gasteiger partial charge in [-0.25, -0.2) is 0 Å². The molecule has 1 aliphatic heterocycles. The van der Waals surface area contributed by atoms with E-state index < -0.39 is 17.7 Å². The summed E-state index contributed by atoms with van der Waals surface area (Å²) in [4.78, 5) is 28.6. The minimum Gasteiger partial charge on any atom is -0.507 e. The van der Waals surface area contributed by atoms with Crippen LogP contribution >= 0.6 is 22.9 Å². The van der Waals surface area contributed by atoms with Gasteiger partial charge in [0.05, 0.1) is 36.4 Å². The van der Waals surface area contributed by atoms with Crippen molar-refractivity contribution in [3.63, 3.8) is 0 Å². The first kappa shape index (κ1) is 20.8. The van der Waals surface area contributed by atoms with E-state index in [0.717, 1.165) is 30.6 Å². The maximum Gasteiger partial charge on any atom is 0.295 e. The van der Waals surface area contributed by atoms with E-state index >= 15 is 0 Å². The smallest absolute Gasteiger partial charge is 0.295 e. The average molecular weight is 448 g/mol. The molecule has 2 heterocycles. The number of methoxy groups -OCH3 is 2. The van der Waals surface area contributed by atoms with E-state index in [-0.39, 0.29) is 28.7 Å². The Hall–Kier alpha value is -2.51. The van der Waals surface area contributed by atoms with E-state index in [1.54, 1.807) is 4.90 Å². The fraction of sp³-hybridized carbons (Fsp3) is 0.364. The number of ether oxygens (including phenoxy) is 2. The first-order chi connectivity index (χ1) is 14.5. The number of Topliss-reactive ketones (excluding diaryl/α,β-unsaturated/α-hetero) is 1. The quantitative estimate of drug-likeness (QED) is 0.405. The first-order valence-corrected chi connectivity index (χ1v) is 11.0. The number of thiophene rings is 1. The lowest BCUT2D eigenvalue weighted by molar-refractivity contribution is -0.141. The Balaban J connectivity index is 1.92. The Kier molecular flexibility index (Phi) is 5.75. The van der Waals surface area contributed by atoms with Gasteiger partial charge in [-0.15, -0.1) is 11.3 Å². The van der Waals surface area contributed by atoms with Crippen molar-refractivity contribution in [2.75, 3.05) is 14.2 Å². The number of likely N-dealkylation sites (tertiary alicyclic amines) is 1. The predicted molar refractivity (Wildman–Crippen MR) is 115 cm³/mol. The third-order valence-electron chi connectivity index (χ3n) is 5.74. The minimum absolute atomic E-state index is 0.0134. The number of hydrogen-bond donors (Lipinski definition) is 1. The molecule has 8 heteroatoms. The molecular weight excluding hydrogens is 426 g/mol. The number of carbonyl (C=O) groups is 2. The molecule has 0 radical (unpaired) electrons. The summed E-state index contributed by atoms with van der Waals surface area (Å²) in [6.07, 6.45) is 3.75. The van der Waals surface area contributed by atoms with Crippen LogP contribution in [0.25, 0.3) is 5.76 Å². The Morgan fingerprint density at radius 2 is 1.87 bits per heavy atom. The number of halogens is 1. The molecule has 4 rings (SSSR count). The van der Waals surface area contributed by atoms with Crippen molar-refractivity contribution in [2.24, 2.45) is 0 Å². The van der Waals surface area contributed by atoms with Gasteiger partial charge < -0.3 is 19.5 Å². The topological polar surface area (TPSA) is 76.1 Å². The summed E-state index contributed by atoms with van der Waals surface area (Å²) in [5.41, 5.74) is 0.321. The number of benzene rings is 1. The number of aliphatic hydroxyl groups excluding tert-OH is 1. The summed E-state index contributed by atoms with van der Waals surface area (Å²) >= 11 is 7.64. The molecule has 1 atom stereocenters. The predicted octanol–water partition coefficient (Wildman–Crippen LogP) is 4.78. The Morgan fingerprint density at radius 3 is 2.47 bits per heavy atom. The number of amides is 1. The Bertz CT molecular complexity index is 1010. The number of ketones is 1. The number of rotatable bonds is 5. The number of hydrogen-bond acceptors (Lipinski definition) is 6. The van der Waals surface area contributed by atoms with Gasteiger partial charge in [0.15, 0.2) is 0 Å². The SMILES string of the molecule is COc1cc(/C(O)=C2\C(=O)C(=O)N(C3CCCC3)C2c2cccs2)c(OC)cc1Cl. The molecule has 158 valence electrons. The maximum absolute atomic E-state index is 13.1. The summed E-state index contributed by atoms with van der Waals surface area (Å²) in [6.45, 7) is 0.